The van der Waals surface area contributed by atoms with Gasteiger partial charge in [0, 0.05) is 69.4 Å². The van der Waals surface area contributed by atoms with Crippen molar-refractivity contribution in [2.75, 3.05) is 51.4 Å². The van der Waals surface area contributed by atoms with Crippen LogP contribution in [-0.4, -0.2) is 89.6 Å². The summed E-state index contributed by atoms with van der Waals surface area (Å²) in [6.07, 6.45) is 4.68. The third-order valence-corrected chi connectivity index (χ3v) is 9.06. The minimum Gasteiger partial charge on any atom is -0.369 e. The molecule has 2 aromatic carbocycles. The second-order valence-electron chi connectivity index (χ2n) is 11.4. The van der Waals surface area contributed by atoms with Gasteiger partial charge in [0.2, 0.25) is 11.0 Å². The highest BCUT2D eigenvalue weighted by molar-refractivity contribution is 7.22. The average molecular weight is 590 g/mol. The molecule has 42 heavy (non-hydrogen) atoms. The number of allylic oxidation sites excluding steroid dienone is 1. The third kappa shape index (κ3) is 6.88. The van der Waals surface area contributed by atoms with Crippen molar-refractivity contribution < 1.29 is 19.2 Å². The number of hydrogen-bond acceptors (Lipinski definition) is 8. The van der Waals surface area contributed by atoms with Gasteiger partial charge in [-0.15, -0.1) is 5.06 Å². The molecule has 0 saturated carbocycles. The highest BCUT2D eigenvalue weighted by Gasteiger charge is 2.28. The number of rotatable bonds is 8. The molecule has 0 N–H and O–H groups in total. The molecule has 0 radical (unpaired) electrons. The molecule has 2 aliphatic rings. The van der Waals surface area contributed by atoms with E-state index >= 15 is 0 Å². The van der Waals surface area contributed by atoms with Gasteiger partial charge in [-0.05, 0) is 62.2 Å². The molecule has 0 atom stereocenters. The molecule has 5 rings (SSSR count). The summed E-state index contributed by atoms with van der Waals surface area (Å²) in [5.41, 5.74) is 2.02. The van der Waals surface area contributed by atoms with Crippen LogP contribution in [0.15, 0.2) is 54.6 Å². The Labute approximate surface area is 251 Å². The number of carbonyl (C=O) groups is 3. The SMILES string of the molecule is CC(=O)N(Oc1ccc(C(=O)/C=C/C(=O)N2CCC(N3CCN(C)CC3)CC2)cc1C(C)C)c1nc2ccccc2s1. The summed E-state index contributed by atoms with van der Waals surface area (Å²) in [5, 5.41) is 1.63. The van der Waals surface area contributed by atoms with Crippen molar-refractivity contribution in [3.63, 3.8) is 0 Å². The van der Waals surface area contributed by atoms with Crippen LogP contribution in [0.2, 0.25) is 0 Å². The van der Waals surface area contributed by atoms with E-state index in [1.165, 1.54) is 35.5 Å². The van der Waals surface area contributed by atoms with Crippen molar-refractivity contribution in [2.24, 2.45) is 0 Å². The first-order valence-electron chi connectivity index (χ1n) is 14.6. The Morgan fingerprint density at radius 2 is 1.71 bits per heavy atom. The molecule has 2 aliphatic heterocycles. The molecule has 0 bridgehead atoms. The summed E-state index contributed by atoms with van der Waals surface area (Å²) in [6, 6.07) is 13.3. The average Bonchev–Trinajstić information content (AvgIpc) is 3.42. The smallest absolute Gasteiger partial charge is 0.259 e. The summed E-state index contributed by atoms with van der Waals surface area (Å²) < 4.78 is 0.952. The van der Waals surface area contributed by atoms with E-state index in [4.69, 9.17) is 4.84 Å². The number of thiazole rings is 1. The highest BCUT2D eigenvalue weighted by Crippen LogP contribution is 2.33. The van der Waals surface area contributed by atoms with Crippen LogP contribution < -0.4 is 9.90 Å². The molecule has 2 saturated heterocycles. The van der Waals surface area contributed by atoms with Gasteiger partial charge in [-0.2, -0.15) is 0 Å². The Kier molecular flexibility index (Phi) is 9.35. The summed E-state index contributed by atoms with van der Waals surface area (Å²) >= 11 is 1.37. The number of nitrogens with zero attached hydrogens (tertiary/aromatic N) is 5. The number of likely N-dealkylation sites (tertiary alicyclic amines) is 1. The summed E-state index contributed by atoms with van der Waals surface area (Å²) in [7, 11) is 2.16. The zero-order valence-corrected chi connectivity index (χ0v) is 25.6. The second-order valence-corrected chi connectivity index (χ2v) is 12.4. The van der Waals surface area contributed by atoms with E-state index in [0.717, 1.165) is 54.8 Å². The van der Waals surface area contributed by atoms with Crippen molar-refractivity contribution in [1.82, 2.24) is 19.7 Å². The summed E-state index contributed by atoms with van der Waals surface area (Å²) in [4.78, 5) is 55.9. The Morgan fingerprint density at radius 3 is 2.38 bits per heavy atom. The molecule has 0 spiro atoms. The number of para-hydroxylation sites is 1. The predicted octanol–water partition coefficient (Wildman–Crippen LogP) is 4.74. The van der Waals surface area contributed by atoms with Gasteiger partial charge in [-0.3, -0.25) is 19.3 Å². The number of carbonyl (C=O) groups excluding carboxylic acids is 3. The molecule has 2 fully saturated rings. The maximum absolute atomic E-state index is 13.1. The fourth-order valence-corrected chi connectivity index (χ4v) is 6.46. The van der Waals surface area contributed by atoms with Gasteiger partial charge in [0.15, 0.2) is 11.5 Å². The van der Waals surface area contributed by atoms with Gasteiger partial charge in [-0.25, -0.2) is 4.98 Å². The molecule has 0 unspecified atom stereocenters. The van der Waals surface area contributed by atoms with E-state index in [1.54, 1.807) is 18.2 Å². The fraction of sp³-hybridized carbons (Fsp3) is 0.438. The Hall–Kier alpha value is -3.60. The topological polar surface area (TPSA) is 86.3 Å². The Morgan fingerprint density at radius 1 is 1.00 bits per heavy atom. The number of likely N-dealkylation sites (N-methyl/N-ethyl adjacent to an activating group) is 1. The number of anilines is 1. The molecule has 2 amide bonds. The Bertz CT molecular complexity index is 1440. The lowest BCUT2D eigenvalue weighted by Crippen LogP contribution is -2.52. The van der Waals surface area contributed by atoms with Gasteiger partial charge in [0.25, 0.3) is 5.91 Å². The lowest BCUT2D eigenvalue weighted by molar-refractivity contribution is -0.127. The second kappa shape index (κ2) is 13.1. The number of piperidine rings is 1. The Balaban J connectivity index is 1.23. The van der Waals surface area contributed by atoms with Crippen molar-refractivity contribution in [1.29, 1.82) is 0 Å². The van der Waals surface area contributed by atoms with Crippen LogP contribution in [0, 0.1) is 0 Å². The van der Waals surface area contributed by atoms with Gasteiger partial charge < -0.3 is 14.6 Å². The first-order valence-corrected chi connectivity index (χ1v) is 15.4. The van der Waals surface area contributed by atoms with Crippen molar-refractivity contribution in [3.05, 3.63) is 65.7 Å². The van der Waals surface area contributed by atoms with Crippen LogP contribution in [0.3, 0.4) is 0 Å². The van der Waals surface area contributed by atoms with Crippen LogP contribution in [0.1, 0.15) is 55.5 Å². The number of ketones is 1. The molecule has 0 aliphatic carbocycles. The van der Waals surface area contributed by atoms with E-state index in [2.05, 4.69) is 21.8 Å². The standard InChI is InChI=1S/C32H39N5O4S/c1-22(2)26-21-24(9-11-29(26)41-37(23(3)38)32-33-27-7-5-6-8-30(27)42-32)28(39)10-12-31(40)36-15-13-25(14-16-36)35-19-17-34(4)18-20-35/h5-12,21-22,25H,13-20H2,1-4H3/b12-10+. The quantitative estimate of drug-likeness (QED) is 0.213. The molecule has 3 heterocycles. The molecule has 222 valence electrons. The van der Waals surface area contributed by atoms with Gasteiger partial charge in [0.05, 0.1) is 10.2 Å². The first kappa shape index (κ1) is 29.9. The number of benzene rings is 2. The normalized spacial score (nSPS) is 17.3. The van der Waals surface area contributed by atoms with Crippen molar-refractivity contribution in [2.45, 2.75) is 45.6 Å². The molecule has 1 aromatic heterocycles. The molecule has 10 heteroatoms. The maximum Gasteiger partial charge on any atom is 0.259 e. The van der Waals surface area contributed by atoms with Crippen molar-refractivity contribution in [3.8, 4) is 5.75 Å². The highest BCUT2D eigenvalue weighted by atomic mass is 32.1. The number of hydrogen-bond donors (Lipinski definition) is 0. The minimum absolute atomic E-state index is 0.0177. The van der Waals surface area contributed by atoms with E-state index in [0.29, 0.717) is 35.6 Å². The van der Waals surface area contributed by atoms with Crippen LogP contribution >= 0.6 is 11.3 Å². The predicted molar refractivity (Wildman–Crippen MR) is 166 cm³/mol. The lowest BCUT2D eigenvalue weighted by atomic mass is 9.98. The van der Waals surface area contributed by atoms with Crippen LogP contribution in [0.4, 0.5) is 5.13 Å². The van der Waals surface area contributed by atoms with E-state index in [1.807, 2.05) is 43.0 Å². The lowest BCUT2D eigenvalue weighted by Gasteiger charge is -2.41. The molecular weight excluding hydrogens is 550 g/mol. The molecule has 3 aromatic rings. The molecular formula is C32H39N5O4S. The number of piperazine rings is 1. The minimum atomic E-state index is -0.307. The van der Waals surface area contributed by atoms with E-state index in [-0.39, 0.29) is 23.5 Å². The van der Waals surface area contributed by atoms with E-state index in [9.17, 15) is 14.4 Å². The van der Waals surface area contributed by atoms with Crippen LogP contribution in [-0.2, 0) is 9.59 Å². The zero-order chi connectivity index (χ0) is 29.8. The van der Waals surface area contributed by atoms with Gasteiger partial charge in [-0.1, -0.05) is 37.3 Å². The summed E-state index contributed by atoms with van der Waals surface area (Å²) in [6.45, 7) is 11.2. The monoisotopic (exact) mass is 589 g/mol. The number of fused-ring (bicyclic) bond motifs is 1. The summed E-state index contributed by atoms with van der Waals surface area (Å²) in [5.74, 6) is -0.197. The largest absolute Gasteiger partial charge is 0.369 e. The van der Waals surface area contributed by atoms with Crippen molar-refractivity contribution >= 4 is 44.3 Å². The fourth-order valence-electron chi connectivity index (χ4n) is 5.51. The maximum atomic E-state index is 13.1. The van der Waals surface area contributed by atoms with E-state index < -0.39 is 0 Å². The zero-order valence-electron chi connectivity index (χ0n) is 24.8. The molecule has 9 nitrogen and oxygen atoms in total. The number of hydroxylamine groups is 1. The number of amides is 2. The van der Waals surface area contributed by atoms with Crippen LogP contribution in [0.25, 0.3) is 10.2 Å². The number of aromatic nitrogens is 1. The first-order chi connectivity index (χ1) is 20.2. The third-order valence-electron chi connectivity index (χ3n) is 8.06. The van der Waals surface area contributed by atoms with Gasteiger partial charge >= 0.3 is 0 Å². The van der Waals surface area contributed by atoms with Crippen LogP contribution in [0.5, 0.6) is 5.75 Å². The van der Waals surface area contributed by atoms with Gasteiger partial charge in [0.1, 0.15) is 0 Å².